The number of hydrogen-bond acceptors (Lipinski definition) is 6. The minimum Gasteiger partial charge on any atom is -0.469 e. The molecule has 0 spiro atoms. The number of carbonyl (C=O) groups excluding carboxylic acids is 2. The summed E-state index contributed by atoms with van der Waals surface area (Å²) < 4.78 is 4.47. The van der Waals surface area contributed by atoms with Crippen LogP contribution in [0.1, 0.15) is 12.8 Å². The van der Waals surface area contributed by atoms with E-state index in [9.17, 15) is 9.59 Å². The van der Waals surface area contributed by atoms with Gasteiger partial charge in [-0.15, -0.1) is 10.2 Å². The molecule has 1 heterocycles. The van der Waals surface area contributed by atoms with E-state index in [1.807, 2.05) is 0 Å². The van der Waals surface area contributed by atoms with Crippen molar-refractivity contribution >= 4 is 17.6 Å². The predicted octanol–water partition coefficient (Wildman–Crippen LogP) is 0.758. The van der Waals surface area contributed by atoms with Crippen LogP contribution in [0.4, 0.5) is 5.69 Å². The Morgan fingerprint density at radius 2 is 2.20 bits per heavy atom. The molecule has 0 saturated heterocycles. The van der Waals surface area contributed by atoms with Gasteiger partial charge in [0, 0.05) is 17.7 Å². The first-order chi connectivity index (χ1) is 9.69. The van der Waals surface area contributed by atoms with E-state index in [2.05, 4.69) is 30.7 Å². The lowest BCUT2D eigenvalue weighted by atomic mass is 10.2. The van der Waals surface area contributed by atoms with Crippen LogP contribution < -0.4 is 5.32 Å². The molecule has 0 fully saturated rings. The van der Waals surface area contributed by atoms with Gasteiger partial charge in [-0.05, 0) is 17.3 Å². The summed E-state index contributed by atoms with van der Waals surface area (Å²) in [5, 5.41) is 16.2. The highest BCUT2D eigenvalue weighted by Gasteiger charge is 2.08. The zero-order chi connectivity index (χ0) is 14.4. The maximum Gasteiger partial charge on any atom is 0.306 e. The lowest BCUT2D eigenvalue weighted by Gasteiger charge is -2.05. The SMILES string of the molecule is COC(=O)CCC(=O)Nc1cccc(-c2nn[nH]n2)c1. The number of amides is 1. The number of aromatic nitrogens is 4. The highest BCUT2D eigenvalue weighted by molar-refractivity contribution is 5.93. The minimum absolute atomic E-state index is 0.0485. The van der Waals surface area contributed by atoms with Gasteiger partial charge in [0.05, 0.1) is 13.5 Å². The maximum absolute atomic E-state index is 11.7. The number of benzene rings is 1. The zero-order valence-electron chi connectivity index (χ0n) is 10.8. The second-order valence-corrected chi connectivity index (χ2v) is 3.94. The Morgan fingerprint density at radius 1 is 1.35 bits per heavy atom. The van der Waals surface area contributed by atoms with Crippen LogP contribution in [0.3, 0.4) is 0 Å². The third kappa shape index (κ3) is 3.61. The topological polar surface area (TPSA) is 110 Å². The van der Waals surface area contributed by atoms with Gasteiger partial charge in [0.25, 0.3) is 0 Å². The third-order valence-electron chi connectivity index (χ3n) is 2.53. The number of aromatic amines is 1. The highest BCUT2D eigenvalue weighted by Crippen LogP contribution is 2.18. The van der Waals surface area contributed by atoms with E-state index in [-0.39, 0.29) is 18.7 Å². The van der Waals surface area contributed by atoms with Gasteiger partial charge in [0.15, 0.2) is 0 Å². The molecule has 0 aliphatic carbocycles. The molecule has 0 atom stereocenters. The van der Waals surface area contributed by atoms with Crippen molar-refractivity contribution in [3.63, 3.8) is 0 Å². The minimum atomic E-state index is -0.416. The molecule has 0 saturated carbocycles. The van der Waals surface area contributed by atoms with Gasteiger partial charge in [0.1, 0.15) is 0 Å². The summed E-state index contributed by atoms with van der Waals surface area (Å²) in [7, 11) is 1.29. The van der Waals surface area contributed by atoms with Gasteiger partial charge in [-0.2, -0.15) is 5.21 Å². The van der Waals surface area contributed by atoms with Crippen LogP contribution in [-0.4, -0.2) is 39.6 Å². The highest BCUT2D eigenvalue weighted by atomic mass is 16.5. The number of nitrogens with zero attached hydrogens (tertiary/aromatic N) is 3. The number of tetrazole rings is 1. The van der Waals surface area contributed by atoms with Crippen molar-refractivity contribution in [3.05, 3.63) is 24.3 Å². The number of nitrogens with one attached hydrogen (secondary N) is 2. The second-order valence-electron chi connectivity index (χ2n) is 3.94. The molecule has 20 heavy (non-hydrogen) atoms. The van der Waals surface area contributed by atoms with Crippen molar-refractivity contribution < 1.29 is 14.3 Å². The molecule has 8 heteroatoms. The zero-order valence-corrected chi connectivity index (χ0v) is 10.8. The number of anilines is 1. The Hall–Kier alpha value is -2.77. The van der Waals surface area contributed by atoms with E-state index in [4.69, 9.17) is 0 Å². The van der Waals surface area contributed by atoms with E-state index >= 15 is 0 Å². The largest absolute Gasteiger partial charge is 0.469 e. The number of esters is 1. The maximum atomic E-state index is 11.7. The number of rotatable bonds is 5. The van der Waals surface area contributed by atoms with Crippen molar-refractivity contribution in [2.45, 2.75) is 12.8 Å². The molecule has 8 nitrogen and oxygen atoms in total. The molecule has 0 bridgehead atoms. The van der Waals surface area contributed by atoms with E-state index in [0.717, 1.165) is 5.56 Å². The molecule has 0 unspecified atom stereocenters. The molecule has 1 amide bonds. The van der Waals surface area contributed by atoms with Gasteiger partial charge in [-0.25, -0.2) is 0 Å². The van der Waals surface area contributed by atoms with E-state index in [1.165, 1.54) is 7.11 Å². The van der Waals surface area contributed by atoms with Crippen LogP contribution in [0, 0.1) is 0 Å². The van der Waals surface area contributed by atoms with E-state index < -0.39 is 5.97 Å². The molecule has 104 valence electrons. The van der Waals surface area contributed by atoms with Crippen LogP contribution in [0.15, 0.2) is 24.3 Å². The van der Waals surface area contributed by atoms with Crippen molar-refractivity contribution in [1.82, 2.24) is 20.6 Å². The smallest absolute Gasteiger partial charge is 0.306 e. The fraction of sp³-hybridized carbons (Fsp3) is 0.250. The summed E-state index contributed by atoms with van der Waals surface area (Å²) in [5.41, 5.74) is 1.33. The summed E-state index contributed by atoms with van der Waals surface area (Å²) in [6, 6.07) is 7.02. The quantitative estimate of drug-likeness (QED) is 0.779. The monoisotopic (exact) mass is 275 g/mol. The Morgan fingerprint density at radius 3 is 2.90 bits per heavy atom. The first-order valence-electron chi connectivity index (χ1n) is 5.89. The average Bonchev–Trinajstić information content (AvgIpc) is 2.99. The molecule has 0 aliphatic heterocycles. The summed E-state index contributed by atoms with van der Waals surface area (Å²) in [6.07, 6.45) is 0.117. The Kier molecular flexibility index (Phi) is 4.38. The summed E-state index contributed by atoms with van der Waals surface area (Å²) in [6.45, 7) is 0. The van der Waals surface area contributed by atoms with Gasteiger partial charge in [-0.3, -0.25) is 9.59 Å². The predicted molar refractivity (Wildman–Crippen MR) is 69.5 cm³/mol. The Balaban J connectivity index is 1.98. The van der Waals surface area contributed by atoms with Crippen molar-refractivity contribution in [1.29, 1.82) is 0 Å². The van der Waals surface area contributed by atoms with Crippen molar-refractivity contribution in [3.8, 4) is 11.4 Å². The van der Waals surface area contributed by atoms with Gasteiger partial charge >= 0.3 is 5.97 Å². The lowest BCUT2D eigenvalue weighted by Crippen LogP contribution is -2.13. The molecule has 0 aliphatic rings. The van der Waals surface area contributed by atoms with Crippen LogP contribution in [0.2, 0.25) is 0 Å². The molecule has 0 radical (unpaired) electrons. The Bertz CT molecular complexity index is 597. The normalized spacial score (nSPS) is 10.1. The van der Waals surface area contributed by atoms with Gasteiger partial charge in [-0.1, -0.05) is 12.1 Å². The molecular weight excluding hydrogens is 262 g/mol. The number of methoxy groups -OCH3 is 1. The second kappa shape index (κ2) is 6.41. The van der Waals surface area contributed by atoms with Gasteiger partial charge < -0.3 is 10.1 Å². The van der Waals surface area contributed by atoms with Crippen LogP contribution in [0.5, 0.6) is 0 Å². The van der Waals surface area contributed by atoms with Crippen LogP contribution in [-0.2, 0) is 14.3 Å². The molecular formula is C12H13N5O3. The average molecular weight is 275 g/mol. The molecule has 1 aromatic heterocycles. The fourth-order valence-electron chi connectivity index (χ4n) is 1.56. The number of ether oxygens (including phenoxy) is 1. The molecule has 2 rings (SSSR count). The summed E-state index contributed by atoms with van der Waals surface area (Å²) in [5.74, 6) is -0.239. The number of H-pyrrole nitrogens is 1. The number of hydrogen-bond donors (Lipinski definition) is 2. The standard InChI is InChI=1S/C12H13N5O3/c1-20-11(19)6-5-10(18)13-9-4-2-3-8(7-9)12-14-16-17-15-12/h2-4,7H,5-6H2,1H3,(H,13,18)(H,14,15,16,17). The van der Waals surface area contributed by atoms with E-state index in [0.29, 0.717) is 11.5 Å². The Labute approximate surface area is 114 Å². The van der Waals surface area contributed by atoms with Crippen molar-refractivity contribution in [2.24, 2.45) is 0 Å². The van der Waals surface area contributed by atoms with Crippen molar-refractivity contribution in [2.75, 3.05) is 12.4 Å². The first-order valence-corrected chi connectivity index (χ1v) is 5.89. The lowest BCUT2D eigenvalue weighted by molar-refractivity contribution is -0.141. The van der Waals surface area contributed by atoms with Crippen LogP contribution in [0.25, 0.3) is 11.4 Å². The summed E-state index contributed by atoms with van der Waals surface area (Å²) >= 11 is 0. The van der Waals surface area contributed by atoms with Gasteiger partial charge in [0.2, 0.25) is 11.7 Å². The van der Waals surface area contributed by atoms with Crippen LogP contribution >= 0.6 is 0 Å². The third-order valence-corrected chi connectivity index (χ3v) is 2.53. The summed E-state index contributed by atoms with van der Waals surface area (Å²) in [4.78, 5) is 22.6. The molecule has 1 aromatic carbocycles. The first kappa shape index (κ1) is 13.7. The number of carbonyl (C=O) groups is 2. The molecule has 2 aromatic rings. The molecule has 2 N–H and O–H groups in total. The fourth-order valence-corrected chi connectivity index (χ4v) is 1.56. The van der Waals surface area contributed by atoms with E-state index in [1.54, 1.807) is 24.3 Å².